The summed E-state index contributed by atoms with van der Waals surface area (Å²) in [7, 11) is 0. The number of aliphatic imine (C=N–C) groups is 1. The number of amides is 1. The minimum absolute atomic E-state index is 0.0194. The number of nitrogens with zero attached hydrogens (tertiary/aromatic N) is 2. The molecule has 2 rings (SSSR count). The zero-order chi connectivity index (χ0) is 16.2. The summed E-state index contributed by atoms with van der Waals surface area (Å²) in [6.45, 7) is 10.8. The van der Waals surface area contributed by atoms with Crippen LogP contribution >= 0.6 is 0 Å². The maximum absolute atomic E-state index is 12.2. The van der Waals surface area contributed by atoms with Gasteiger partial charge in [0.15, 0.2) is 0 Å². The fourth-order valence-electron chi connectivity index (χ4n) is 2.34. The first-order valence-corrected chi connectivity index (χ1v) is 7.79. The smallest absolute Gasteiger partial charge is 0.238 e. The number of ether oxygens (including phenoxy) is 1. The highest BCUT2D eigenvalue weighted by atomic mass is 16.5. The molecule has 1 aromatic rings. The molecule has 0 bridgehead atoms. The predicted molar refractivity (Wildman–Crippen MR) is 89.4 cm³/mol. The van der Waals surface area contributed by atoms with Gasteiger partial charge in [-0.15, -0.1) is 0 Å². The second-order valence-corrected chi connectivity index (χ2v) is 6.07. The SMILES string of the molecule is CCN(CC)CC(=O)Nc1ccccc1C1=NC(C)(C)CO1. The number of rotatable bonds is 6. The van der Waals surface area contributed by atoms with Crippen molar-refractivity contribution in [1.29, 1.82) is 0 Å². The number of para-hydroxylation sites is 1. The Morgan fingerprint density at radius 2 is 2.00 bits per heavy atom. The van der Waals surface area contributed by atoms with Gasteiger partial charge in [0.2, 0.25) is 11.8 Å². The molecular weight excluding hydrogens is 278 g/mol. The fourth-order valence-corrected chi connectivity index (χ4v) is 2.34. The van der Waals surface area contributed by atoms with E-state index in [1.807, 2.05) is 52.0 Å². The van der Waals surface area contributed by atoms with E-state index in [4.69, 9.17) is 4.74 Å². The largest absolute Gasteiger partial charge is 0.475 e. The summed E-state index contributed by atoms with van der Waals surface area (Å²) in [5, 5.41) is 2.97. The Hall–Kier alpha value is -1.88. The molecule has 0 fully saturated rings. The van der Waals surface area contributed by atoms with Gasteiger partial charge in [-0.05, 0) is 39.1 Å². The van der Waals surface area contributed by atoms with E-state index in [-0.39, 0.29) is 11.4 Å². The molecule has 0 spiro atoms. The maximum Gasteiger partial charge on any atom is 0.238 e. The molecule has 0 aromatic heterocycles. The lowest BCUT2D eigenvalue weighted by Gasteiger charge is -2.18. The summed E-state index contributed by atoms with van der Waals surface area (Å²) in [5.41, 5.74) is 1.37. The lowest BCUT2D eigenvalue weighted by molar-refractivity contribution is -0.117. The highest BCUT2D eigenvalue weighted by molar-refractivity contribution is 6.04. The van der Waals surface area contributed by atoms with Crippen molar-refractivity contribution < 1.29 is 9.53 Å². The van der Waals surface area contributed by atoms with Gasteiger partial charge in [0.25, 0.3) is 0 Å². The number of anilines is 1. The third kappa shape index (κ3) is 4.07. The molecule has 5 heteroatoms. The molecule has 1 amide bonds. The Morgan fingerprint density at radius 1 is 1.32 bits per heavy atom. The number of nitrogens with one attached hydrogen (secondary N) is 1. The van der Waals surface area contributed by atoms with Crippen LogP contribution in [0.1, 0.15) is 33.3 Å². The van der Waals surface area contributed by atoms with E-state index in [2.05, 4.69) is 15.2 Å². The summed E-state index contributed by atoms with van der Waals surface area (Å²) in [6.07, 6.45) is 0. The van der Waals surface area contributed by atoms with E-state index in [0.717, 1.165) is 24.3 Å². The minimum atomic E-state index is -0.215. The number of benzene rings is 1. The van der Waals surface area contributed by atoms with Crippen molar-refractivity contribution in [3.05, 3.63) is 29.8 Å². The predicted octanol–water partition coefficient (Wildman–Crippen LogP) is 2.52. The first-order valence-electron chi connectivity index (χ1n) is 7.79. The van der Waals surface area contributed by atoms with Crippen LogP contribution in [0.4, 0.5) is 5.69 Å². The molecule has 0 atom stereocenters. The highest BCUT2D eigenvalue weighted by Gasteiger charge is 2.28. The Balaban J connectivity index is 2.14. The normalized spacial score (nSPS) is 16.3. The second kappa shape index (κ2) is 6.92. The molecule has 0 unspecified atom stereocenters. The van der Waals surface area contributed by atoms with Gasteiger partial charge in [-0.1, -0.05) is 26.0 Å². The van der Waals surface area contributed by atoms with Crippen molar-refractivity contribution in [1.82, 2.24) is 4.90 Å². The van der Waals surface area contributed by atoms with E-state index in [1.54, 1.807) is 0 Å². The van der Waals surface area contributed by atoms with Crippen LogP contribution in [0.3, 0.4) is 0 Å². The average molecular weight is 303 g/mol. The molecule has 0 saturated carbocycles. The van der Waals surface area contributed by atoms with Gasteiger partial charge in [-0.25, -0.2) is 4.99 Å². The van der Waals surface area contributed by atoms with E-state index < -0.39 is 0 Å². The quantitative estimate of drug-likeness (QED) is 0.878. The van der Waals surface area contributed by atoms with Crippen molar-refractivity contribution >= 4 is 17.5 Å². The van der Waals surface area contributed by atoms with Crippen molar-refractivity contribution in [3.8, 4) is 0 Å². The third-order valence-electron chi connectivity index (χ3n) is 3.66. The molecule has 1 aromatic carbocycles. The van der Waals surface area contributed by atoms with E-state index in [1.165, 1.54) is 0 Å². The standard InChI is InChI=1S/C17H25N3O2/c1-5-20(6-2)11-15(21)18-14-10-8-7-9-13(14)16-19-17(3,4)12-22-16/h7-10H,5-6,11-12H2,1-4H3,(H,18,21). The minimum Gasteiger partial charge on any atom is -0.475 e. The zero-order valence-corrected chi connectivity index (χ0v) is 13.8. The molecule has 120 valence electrons. The lowest BCUT2D eigenvalue weighted by Crippen LogP contribution is -2.33. The van der Waals surface area contributed by atoms with Crippen molar-refractivity contribution in [2.75, 3.05) is 31.6 Å². The van der Waals surface area contributed by atoms with E-state index in [9.17, 15) is 4.79 Å². The van der Waals surface area contributed by atoms with E-state index in [0.29, 0.717) is 19.0 Å². The van der Waals surface area contributed by atoms with Crippen LogP contribution in [0.25, 0.3) is 0 Å². The Bertz CT molecular complexity index is 563. The molecular formula is C17H25N3O2. The molecule has 1 aliphatic heterocycles. The first kappa shape index (κ1) is 16.5. The van der Waals surface area contributed by atoms with Gasteiger partial charge >= 0.3 is 0 Å². The molecule has 1 N–H and O–H groups in total. The van der Waals surface area contributed by atoms with Crippen molar-refractivity contribution in [3.63, 3.8) is 0 Å². The Kier molecular flexibility index (Phi) is 5.19. The second-order valence-electron chi connectivity index (χ2n) is 6.07. The number of carbonyl (C=O) groups is 1. The van der Waals surface area contributed by atoms with Crippen LogP contribution in [0, 0.1) is 0 Å². The van der Waals surface area contributed by atoms with Crippen LogP contribution in [-0.2, 0) is 9.53 Å². The molecule has 5 nitrogen and oxygen atoms in total. The Labute approximate surface area is 132 Å². The van der Waals surface area contributed by atoms with Gasteiger partial charge < -0.3 is 10.1 Å². The number of likely N-dealkylation sites (N-methyl/N-ethyl adjacent to an activating group) is 1. The van der Waals surface area contributed by atoms with Gasteiger partial charge in [-0.3, -0.25) is 9.69 Å². The van der Waals surface area contributed by atoms with Gasteiger partial charge in [0, 0.05) is 0 Å². The van der Waals surface area contributed by atoms with Gasteiger partial charge in [0.05, 0.1) is 23.3 Å². The molecule has 0 aliphatic carbocycles. The highest BCUT2D eigenvalue weighted by Crippen LogP contribution is 2.24. The molecule has 0 radical (unpaired) electrons. The summed E-state index contributed by atoms with van der Waals surface area (Å²) in [6, 6.07) is 7.63. The maximum atomic E-state index is 12.2. The van der Waals surface area contributed by atoms with E-state index >= 15 is 0 Å². The molecule has 0 saturated heterocycles. The average Bonchev–Trinajstić information content (AvgIpc) is 2.85. The lowest BCUT2D eigenvalue weighted by atomic mass is 10.1. The van der Waals surface area contributed by atoms with Crippen LogP contribution < -0.4 is 5.32 Å². The summed E-state index contributed by atoms with van der Waals surface area (Å²) < 4.78 is 5.69. The summed E-state index contributed by atoms with van der Waals surface area (Å²) >= 11 is 0. The van der Waals surface area contributed by atoms with Crippen LogP contribution in [0.2, 0.25) is 0 Å². The molecule has 1 aliphatic rings. The van der Waals surface area contributed by atoms with Crippen molar-refractivity contribution in [2.45, 2.75) is 33.2 Å². The van der Waals surface area contributed by atoms with Crippen molar-refractivity contribution in [2.24, 2.45) is 4.99 Å². The first-order chi connectivity index (χ1) is 10.4. The topological polar surface area (TPSA) is 53.9 Å². The number of hydrogen-bond acceptors (Lipinski definition) is 4. The fraction of sp³-hybridized carbons (Fsp3) is 0.529. The number of hydrogen-bond donors (Lipinski definition) is 1. The van der Waals surface area contributed by atoms with Crippen LogP contribution in [0.15, 0.2) is 29.3 Å². The monoisotopic (exact) mass is 303 g/mol. The van der Waals surface area contributed by atoms with Gasteiger partial charge in [-0.2, -0.15) is 0 Å². The molecule has 1 heterocycles. The van der Waals surface area contributed by atoms with Gasteiger partial charge in [0.1, 0.15) is 6.61 Å². The number of carbonyl (C=O) groups excluding carboxylic acids is 1. The summed E-state index contributed by atoms with van der Waals surface area (Å²) in [5.74, 6) is 0.581. The zero-order valence-electron chi connectivity index (χ0n) is 13.8. The van der Waals surface area contributed by atoms with Crippen LogP contribution in [0.5, 0.6) is 0 Å². The summed E-state index contributed by atoms with van der Waals surface area (Å²) in [4.78, 5) is 18.9. The third-order valence-corrected chi connectivity index (χ3v) is 3.66. The van der Waals surface area contributed by atoms with Crippen LogP contribution in [-0.4, -0.2) is 48.5 Å². The Morgan fingerprint density at radius 3 is 2.59 bits per heavy atom. The molecule has 22 heavy (non-hydrogen) atoms.